The van der Waals surface area contributed by atoms with E-state index in [2.05, 4.69) is 9.47 Å². The van der Waals surface area contributed by atoms with Gasteiger partial charge in [-0.05, 0) is 12.1 Å². The molecule has 0 N–H and O–H groups in total. The van der Waals surface area contributed by atoms with E-state index in [1.54, 1.807) is 0 Å². The summed E-state index contributed by atoms with van der Waals surface area (Å²) in [7, 11) is 0.844. The van der Waals surface area contributed by atoms with Crippen LogP contribution in [0.4, 0.5) is 26.3 Å². The maximum atomic E-state index is 12.9. The molecule has 10 heteroatoms. The molecule has 0 spiro atoms. The van der Waals surface area contributed by atoms with Gasteiger partial charge in [0.15, 0.2) is 0 Å². The summed E-state index contributed by atoms with van der Waals surface area (Å²) in [6, 6.07) is 1.92. The Morgan fingerprint density at radius 1 is 1.19 bits per heavy atom. The molecular formula is C11H5F6NO3. The number of esters is 1. The van der Waals surface area contributed by atoms with E-state index in [0.29, 0.717) is 12.1 Å². The molecule has 4 nitrogen and oxygen atoms in total. The highest BCUT2D eigenvalue weighted by Gasteiger charge is 2.43. The van der Waals surface area contributed by atoms with Gasteiger partial charge in [0.2, 0.25) is 0 Å². The largest absolute Gasteiger partial charge is 0.573 e. The first-order chi connectivity index (χ1) is 9.51. The van der Waals surface area contributed by atoms with Crippen molar-refractivity contribution in [1.82, 2.24) is 0 Å². The Kier molecular flexibility index (Phi) is 4.36. The molecule has 21 heavy (non-hydrogen) atoms. The molecule has 1 rings (SSSR count). The Hall–Kier alpha value is -2.44. The van der Waals surface area contributed by atoms with Crippen LogP contribution in [0.25, 0.3) is 0 Å². The molecule has 0 atom stereocenters. The summed E-state index contributed by atoms with van der Waals surface area (Å²) in [5, 5.41) is 8.74. The van der Waals surface area contributed by atoms with Gasteiger partial charge in [-0.15, -0.1) is 13.2 Å². The number of methoxy groups -OCH3 is 1. The van der Waals surface area contributed by atoms with Gasteiger partial charge < -0.3 is 9.47 Å². The van der Waals surface area contributed by atoms with Crippen LogP contribution < -0.4 is 4.74 Å². The number of hydrogen-bond acceptors (Lipinski definition) is 4. The summed E-state index contributed by atoms with van der Waals surface area (Å²) >= 11 is 0. The topological polar surface area (TPSA) is 59.3 Å². The Morgan fingerprint density at radius 2 is 1.76 bits per heavy atom. The third kappa shape index (κ3) is 3.77. The standard InChI is InChI=1S/C11H5F6NO3/c1-20-9(19)5-2-3-7(21-11(15,16)17)8(6(5)4-18)10(12,13)14/h2-3H,1H3. The number of rotatable bonds is 2. The van der Waals surface area contributed by atoms with E-state index in [9.17, 15) is 31.1 Å². The van der Waals surface area contributed by atoms with Crippen molar-refractivity contribution in [3.05, 3.63) is 28.8 Å². The zero-order valence-electron chi connectivity index (χ0n) is 10.1. The van der Waals surface area contributed by atoms with Crippen molar-refractivity contribution >= 4 is 5.97 Å². The Bertz CT molecular complexity index is 600. The zero-order chi connectivity index (χ0) is 16.4. The Labute approximate surface area is 113 Å². The molecule has 0 radical (unpaired) electrons. The van der Waals surface area contributed by atoms with Crippen molar-refractivity contribution < 1.29 is 40.6 Å². The number of ether oxygens (including phenoxy) is 2. The monoisotopic (exact) mass is 313 g/mol. The molecule has 0 saturated heterocycles. The van der Waals surface area contributed by atoms with Crippen LogP contribution in [0.15, 0.2) is 12.1 Å². The number of hydrogen-bond donors (Lipinski definition) is 0. The van der Waals surface area contributed by atoms with Crippen LogP contribution in [0, 0.1) is 11.3 Å². The van der Waals surface area contributed by atoms with Gasteiger partial charge in [-0.1, -0.05) is 0 Å². The molecule has 0 amide bonds. The van der Waals surface area contributed by atoms with Gasteiger partial charge in [-0.25, -0.2) is 4.79 Å². The lowest BCUT2D eigenvalue weighted by Crippen LogP contribution is -2.22. The van der Waals surface area contributed by atoms with Crippen LogP contribution in [0.3, 0.4) is 0 Å². The van der Waals surface area contributed by atoms with Gasteiger partial charge in [0.05, 0.1) is 18.2 Å². The molecule has 0 saturated carbocycles. The third-order valence-electron chi connectivity index (χ3n) is 2.19. The second-order valence-corrected chi connectivity index (χ2v) is 3.51. The molecule has 0 fully saturated rings. The summed E-state index contributed by atoms with van der Waals surface area (Å²) in [5.74, 6) is -2.92. The van der Waals surface area contributed by atoms with Crippen LogP contribution in [-0.4, -0.2) is 19.4 Å². The number of alkyl halides is 6. The maximum Gasteiger partial charge on any atom is 0.573 e. The third-order valence-corrected chi connectivity index (χ3v) is 2.19. The molecule has 1 aromatic rings. The fraction of sp³-hybridized carbons (Fsp3) is 0.273. The van der Waals surface area contributed by atoms with Gasteiger partial charge in [-0.2, -0.15) is 18.4 Å². The highest BCUT2D eigenvalue weighted by molar-refractivity contribution is 5.93. The molecule has 0 aromatic heterocycles. The van der Waals surface area contributed by atoms with E-state index in [1.807, 2.05) is 0 Å². The molecular weight excluding hydrogens is 308 g/mol. The van der Waals surface area contributed by atoms with Crippen LogP contribution >= 0.6 is 0 Å². The number of nitriles is 1. The van der Waals surface area contributed by atoms with Gasteiger partial charge in [0.1, 0.15) is 17.4 Å². The minimum absolute atomic E-state index is 0.295. The summed E-state index contributed by atoms with van der Waals surface area (Å²) in [5.41, 5.74) is -4.12. The van der Waals surface area contributed by atoms with E-state index in [1.165, 1.54) is 0 Å². The van der Waals surface area contributed by atoms with Crippen LogP contribution in [0.5, 0.6) is 5.75 Å². The lowest BCUT2D eigenvalue weighted by atomic mass is 10.0. The predicted octanol–water partition coefficient (Wildman–Crippen LogP) is 3.26. The Morgan fingerprint density at radius 3 is 2.14 bits per heavy atom. The summed E-state index contributed by atoms with van der Waals surface area (Å²) in [6.45, 7) is 0. The van der Waals surface area contributed by atoms with E-state index in [0.717, 1.165) is 13.2 Å². The summed E-state index contributed by atoms with van der Waals surface area (Å²) < 4.78 is 82.3. The average Bonchev–Trinajstić information content (AvgIpc) is 2.33. The highest BCUT2D eigenvalue weighted by atomic mass is 19.4. The molecule has 0 aliphatic carbocycles. The maximum absolute atomic E-state index is 12.9. The first kappa shape index (κ1) is 16.6. The highest BCUT2D eigenvalue weighted by Crippen LogP contribution is 2.41. The van der Waals surface area contributed by atoms with Crippen molar-refractivity contribution in [1.29, 1.82) is 5.26 Å². The lowest BCUT2D eigenvalue weighted by molar-refractivity contribution is -0.276. The van der Waals surface area contributed by atoms with Crippen LogP contribution in [0.2, 0.25) is 0 Å². The number of carbonyl (C=O) groups is 1. The normalized spacial score (nSPS) is 11.7. The minimum atomic E-state index is -5.39. The Balaban J connectivity index is 3.64. The second kappa shape index (κ2) is 5.51. The fourth-order valence-corrected chi connectivity index (χ4v) is 1.47. The molecule has 0 unspecified atom stereocenters. The first-order valence-corrected chi connectivity index (χ1v) is 4.99. The molecule has 0 heterocycles. The van der Waals surface area contributed by atoms with Crippen molar-refractivity contribution in [2.45, 2.75) is 12.5 Å². The van der Waals surface area contributed by atoms with Crippen molar-refractivity contribution in [3.63, 3.8) is 0 Å². The minimum Gasteiger partial charge on any atom is -0.465 e. The fourth-order valence-electron chi connectivity index (χ4n) is 1.47. The molecule has 0 aliphatic rings. The zero-order valence-corrected chi connectivity index (χ0v) is 10.1. The van der Waals surface area contributed by atoms with Crippen LogP contribution in [-0.2, 0) is 10.9 Å². The van der Waals surface area contributed by atoms with Gasteiger partial charge >= 0.3 is 18.5 Å². The van der Waals surface area contributed by atoms with Crippen LogP contribution in [0.1, 0.15) is 21.5 Å². The molecule has 0 bridgehead atoms. The number of carbonyl (C=O) groups excluding carboxylic acids is 1. The molecule has 0 aliphatic heterocycles. The predicted molar refractivity (Wildman–Crippen MR) is 54.2 cm³/mol. The summed E-state index contributed by atoms with van der Waals surface area (Å²) in [4.78, 5) is 11.3. The van der Waals surface area contributed by atoms with Gasteiger partial charge in [0, 0.05) is 0 Å². The van der Waals surface area contributed by atoms with Gasteiger partial charge in [0.25, 0.3) is 0 Å². The SMILES string of the molecule is COC(=O)c1ccc(OC(F)(F)F)c(C(F)(F)F)c1C#N. The van der Waals surface area contributed by atoms with E-state index < -0.39 is 40.9 Å². The molecule has 114 valence electrons. The van der Waals surface area contributed by atoms with Crippen molar-refractivity contribution in [2.75, 3.05) is 7.11 Å². The number of halogens is 6. The smallest absolute Gasteiger partial charge is 0.465 e. The quantitative estimate of drug-likeness (QED) is 0.621. The molecule has 1 aromatic carbocycles. The van der Waals surface area contributed by atoms with Gasteiger partial charge in [-0.3, -0.25) is 0 Å². The lowest BCUT2D eigenvalue weighted by Gasteiger charge is -2.17. The second-order valence-electron chi connectivity index (χ2n) is 3.51. The van der Waals surface area contributed by atoms with E-state index in [-0.39, 0.29) is 0 Å². The summed E-state index contributed by atoms with van der Waals surface area (Å²) in [6.07, 6.45) is -10.7. The van der Waals surface area contributed by atoms with E-state index in [4.69, 9.17) is 5.26 Å². The first-order valence-electron chi connectivity index (χ1n) is 4.99. The number of benzene rings is 1. The van der Waals surface area contributed by atoms with Crippen molar-refractivity contribution in [3.8, 4) is 11.8 Å². The van der Waals surface area contributed by atoms with Crippen molar-refractivity contribution in [2.24, 2.45) is 0 Å². The van der Waals surface area contributed by atoms with E-state index >= 15 is 0 Å². The average molecular weight is 313 g/mol. The number of nitrogens with zero attached hydrogens (tertiary/aromatic N) is 1.